The topological polar surface area (TPSA) is 72.2 Å². The lowest BCUT2D eigenvalue weighted by Crippen LogP contribution is -2.37. The van der Waals surface area contributed by atoms with Crippen LogP contribution in [-0.2, 0) is 16.6 Å². The molecule has 3 N–H and O–H groups in total. The molecule has 0 saturated heterocycles. The number of fused-ring (bicyclic) bond motifs is 1. The average molecular weight is 283 g/mol. The summed E-state index contributed by atoms with van der Waals surface area (Å²) in [4.78, 5) is 0. The zero-order valence-corrected chi connectivity index (χ0v) is 10.0. The van der Waals surface area contributed by atoms with Crippen molar-refractivity contribution in [1.29, 1.82) is 0 Å². The lowest BCUT2D eigenvalue weighted by Gasteiger charge is -2.15. The molecule has 1 aliphatic carbocycles. The van der Waals surface area contributed by atoms with E-state index in [1.807, 2.05) is 4.72 Å². The second-order valence-corrected chi connectivity index (χ2v) is 5.52. The fourth-order valence-corrected chi connectivity index (χ4v) is 2.87. The molecule has 0 bridgehead atoms. The summed E-state index contributed by atoms with van der Waals surface area (Å²) < 4.78 is 50.8. The summed E-state index contributed by atoms with van der Waals surface area (Å²) in [6.45, 7) is 0. The Morgan fingerprint density at radius 2 is 2.12 bits per heavy atom. The zero-order chi connectivity index (χ0) is 12.8. The van der Waals surface area contributed by atoms with Crippen molar-refractivity contribution in [2.45, 2.75) is 18.6 Å². The van der Waals surface area contributed by atoms with Crippen LogP contribution in [0.3, 0.4) is 0 Å². The van der Waals surface area contributed by atoms with Gasteiger partial charge < -0.3 is 0 Å². The summed E-state index contributed by atoms with van der Waals surface area (Å²) >= 11 is 5.82. The summed E-state index contributed by atoms with van der Waals surface area (Å²) in [5.41, 5.74) is 0.208. The minimum absolute atomic E-state index is 0.0890. The molecule has 0 saturated carbocycles. The van der Waals surface area contributed by atoms with Gasteiger partial charge in [-0.05, 0) is 23.3 Å². The van der Waals surface area contributed by atoms with Crippen LogP contribution >= 0.6 is 11.6 Å². The van der Waals surface area contributed by atoms with Gasteiger partial charge in [0, 0.05) is 11.4 Å². The maximum Gasteiger partial charge on any atom is 0.275 e. The van der Waals surface area contributed by atoms with Gasteiger partial charge in [0.1, 0.15) is 12.0 Å². The maximum atomic E-state index is 13.7. The first-order chi connectivity index (χ1) is 7.79. The lowest BCUT2D eigenvalue weighted by molar-refractivity contribution is 0.289. The number of hydrogen-bond donors (Lipinski definition) is 2. The lowest BCUT2D eigenvalue weighted by atomic mass is 10.1. The Balaban J connectivity index is 2.50. The molecular formula is C9H9ClF2N2O2S. The van der Waals surface area contributed by atoms with Crippen molar-refractivity contribution in [3.8, 4) is 0 Å². The van der Waals surface area contributed by atoms with Crippen LogP contribution in [0.1, 0.15) is 17.2 Å². The number of hydrogen-bond acceptors (Lipinski definition) is 2. The quantitative estimate of drug-likeness (QED) is 0.856. The fraction of sp³-hybridized carbons (Fsp3) is 0.333. The summed E-state index contributed by atoms with van der Waals surface area (Å²) in [5.74, 6) is -0.606. The molecule has 17 heavy (non-hydrogen) atoms. The van der Waals surface area contributed by atoms with E-state index in [1.54, 1.807) is 0 Å². The van der Waals surface area contributed by atoms with Gasteiger partial charge in [0.05, 0.1) is 6.04 Å². The third-order valence-corrected chi connectivity index (χ3v) is 3.52. The minimum atomic E-state index is -4.08. The summed E-state index contributed by atoms with van der Waals surface area (Å²) in [5, 5.41) is 4.89. The van der Waals surface area contributed by atoms with E-state index < -0.39 is 28.2 Å². The Morgan fingerprint density at radius 1 is 1.47 bits per heavy atom. The van der Waals surface area contributed by atoms with E-state index in [4.69, 9.17) is 16.7 Å². The first-order valence-electron chi connectivity index (χ1n) is 4.70. The van der Waals surface area contributed by atoms with Gasteiger partial charge >= 0.3 is 0 Å². The number of halogens is 3. The number of rotatable bonds is 2. The van der Waals surface area contributed by atoms with Gasteiger partial charge in [-0.3, -0.25) is 0 Å². The highest BCUT2D eigenvalue weighted by molar-refractivity contribution is 7.87. The largest absolute Gasteiger partial charge is 0.275 e. The second-order valence-electron chi connectivity index (χ2n) is 3.78. The van der Waals surface area contributed by atoms with Gasteiger partial charge in [0.2, 0.25) is 0 Å². The molecule has 8 heteroatoms. The van der Waals surface area contributed by atoms with Crippen molar-refractivity contribution >= 4 is 21.8 Å². The van der Waals surface area contributed by atoms with Gasteiger partial charge in [-0.2, -0.15) is 13.1 Å². The monoisotopic (exact) mass is 282 g/mol. The third kappa shape index (κ3) is 2.42. The van der Waals surface area contributed by atoms with Crippen molar-refractivity contribution in [2.75, 3.05) is 0 Å². The van der Waals surface area contributed by atoms with E-state index in [2.05, 4.69) is 0 Å². The van der Waals surface area contributed by atoms with Crippen molar-refractivity contribution in [3.63, 3.8) is 0 Å². The van der Waals surface area contributed by atoms with Crippen molar-refractivity contribution in [1.82, 2.24) is 4.72 Å². The van der Waals surface area contributed by atoms with Gasteiger partial charge in [-0.15, -0.1) is 0 Å². The Hall–Kier alpha value is -0.760. The van der Waals surface area contributed by atoms with Crippen molar-refractivity contribution in [2.24, 2.45) is 5.14 Å². The van der Waals surface area contributed by atoms with Crippen molar-refractivity contribution in [3.05, 3.63) is 34.1 Å². The van der Waals surface area contributed by atoms with Crippen LogP contribution in [0.25, 0.3) is 0 Å². The SMILES string of the molecule is NS(=O)(=O)NC1c2c(Cl)ccc(F)c2C[C@@H]1F. The van der Waals surface area contributed by atoms with Crippen LogP contribution in [0.5, 0.6) is 0 Å². The van der Waals surface area contributed by atoms with Gasteiger partial charge in [-0.1, -0.05) is 11.6 Å². The highest BCUT2D eigenvalue weighted by Crippen LogP contribution is 2.39. The number of nitrogens with one attached hydrogen (secondary N) is 1. The van der Waals surface area contributed by atoms with E-state index in [-0.39, 0.29) is 22.6 Å². The first kappa shape index (κ1) is 12.7. The predicted molar refractivity (Wildman–Crippen MR) is 59.0 cm³/mol. The van der Waals surface area contributed by atoms with Crippen LogP contribution in [0.15, 0.2) is 12.1 Å². The molecule has 0 radical (unpaired) electrons. The van der Waals surface area contributed by atoms with Gasteiger partial charge in [0.15, 0.2) is 0 Å². The smallest absolute Gasteiger partial charge is 0.245 e. The molecule has 1 unspecified atom stereocenters. The normalized spacial score (nSPS) is 23.8. The Bertz CT molecular complexity index is 564. The van der Waals surface area contributed by atoms with E-state index in [1.165, 1.54) is 6.07 Å². The number of benzene rings is 1. The third-order valence-electron chi connectivity index (χ3n) is 2.61. The highest BCUT2D eigenvalue weighted by atomic mass is 35.5. The standard InChI is InChI=1S/C9H9ClF2N2O2S/c10-5-1-2-6(11)4-3-7(12)9(8(4)5)14-17(13,15)16/h1-2,7,9,14H,3H2,(H2,13,15,16)/t7-,9?/m0/s1. The minimum Gasteiger partial charge on any atom is -0.245 e. The van der Waals surface area contributed by atoms with Crippen LogP contribution in [0.2, 0.25) is 5.02 Å². The molecule has 1 aliphatic rings. The summed E-state index contributed by atoms with van der Waals surface area (Å²) in [6, 6.07) is 1.14. The fourth-order valence-electron chi connectivity index (χ4n) is 1.96. The van der Waals surface area contributed by atoms with E-state index >= 15 is 0 Å². The van der Waals surface area contributed by atoms with Crippen LogP contribution in [0.4, 0.5) is 8.78 Å². The Labute approximate surface area is 102 Å². The zero-order valence-electron chi connectivity index (χ0n) is 8.45. The molecule has 2 rings (SSSR count). The van der Waals surface area contributed by atoms with E-state index in [9.17, 15) is 17.2 Å². The molecule has 0 spiro atoms. The van der Waals surface area contributed by atoms with Crippen LogP contribution < -0.4 is 9.86 Å². The molecule has 4 nitrogen and oxygen atoms in total. The molecular weight excluding hydrogens is 274 g/mol. The Kier molecular flexibility index (Phi) is 3.11. The second kappa shape index (κ2) is 4.16. The highest BCUT2D eigenvalue weighted by Gasteiger charge is 2.38. The van der Waals surface area contributed by atoms with E-state index in [0.29, 0.717) is 0 Å². The number of nitrogens with two attached hydrogens (primary N) is 1. The maximum absolute atomic E-state index is 13.7. The van der Waals surface area contributed by atoms with E-state index in [0.717, 1.165) is 6.07 Å². The molecule has 0 aromatic heterocycles. The van der Waals surface area contributed by atoms with Crippen molar-refractivity contribution < 1.29 is 17.2 Å². The number of alkyl halides is 1. The molecule has 1 aromatic carbocycles. The molecule has 0 aliphatic heterocycles. The molecule has 94 valence electrons. The Morgan fingerprint density at radius 3 is 2.71 bits per heavy atom. The molecule has 1 aromatic rings. The summed E-state index contributed by atoms with van der Waals surface area (Å²) in [7, 11) is -4.08. The van der Waals surface area contributed by atoms with Crippen LogP contribution in [-0.4, -0.2) is 14.6 Å². The average Bonchev–Trinajstić information content (AvgIpc) is 2.49. The first-order valence-corrected chi connectivity index (χ1v) is 6.63. The van der Waals surface area contributed by atoms with Gasteiger partial charge in [0.25, 0.3) is 10.2 Å². The molecule has 2 atom stereocenters. The molecule has 0 heterocycles. The molecule has 0 fully saturated rings. The van der Waals surface area contributed by atoms with Gasteiger partial charge in [-0.25, -0.2) is 13.9 Å². The van der Waals surface area contributed by atoms with Crippen LogP contribution in [0, 0.1) is 5.82 Å². The summed E-state index contributed by atoms with van der Waals surface area (Å²) in [6.07, 6.45) is -1.81. The molecule has 0 amide bonds. The predicted octanol–water partition coefficient (Wildman–Crippen LogP) is 1.21.